The number of rotatable bonds is 1. The van der Waals surface area contributed by atoms with Crippen LogP contribution in [0.5, 0.6) is 0 Å². The monoisotopic (exact) mass is 249 g/mol. The van der Waals surface area contributed by atoms with Crippen LogP contribution in [0.4, 0.5) is 5.82 Å². The summed E-state index contributed by atoms with van der Waals surface area (Å²) in [7, 11) is 0. The molecule has 0 spiro atoms. The molecule has 1 N–H and O–H groups in total. The highest BCUT2D eigenvalue weighted by molar-refractivity contribution is 6.28. The average molecular weight is 250 g/mol. The molecule has 0 saturated heterocycles. The zero-order valence-electron chi connectivity index (χ0n) is 9.44. The second-order valence-electron chi connectivity index (χ2n) is 4.14. The number of imidazole rings is 1. The number of nitrogens with one attached hydrogen (secondary N) is 1. The van der Waals surface area contributed by atoms with Crippen LogP contribution in [0.3, 0.4) is 0 Å². The van der Waals surface area contributed by atoms with Crippen LogP contribution in [-0.2, 0) is 13.0 Å². The van der Waals surface area contributed by atoms with Gasteiger partial charge in [-0.2, -0.15) is 0 Å². The van der Waals surface area contributed by atoms with Gasteiger partial charge in [-0.1, -0.05) is 0 Å². The lowest BCUT2D eigenvalue weighted by molar-refractivity contribution is 0.697. The quantitative estimate of drug-likeness (QED) is 0.782. The molecule has 0 amide bonds. The molecule has 0 saturated carbocycles. The highest BCUT2D eigenvalue weighted by Gasteiger charge is 2.20. The zero-order chi connectivity index (χ0) is 11.8. The van der Waals surface area contributed by atoms with Gasteiger partial charge in [0.15, 0.2) is 0 Å². The number of aromatic nitrogens is 4. The SMILES string of the molecule is Cc1cnc(Cl)nc1N1CCc2nc[nH]c2C1. The van der Waals surface area contributed by atoms with Gasteiger partial charge in [0, 0.05) is 24.7 Å². The Labute approximate surface area is 104 Å². The summed E-state index contributed by atoms with van der Waals surface area (Å²) in [5, 5.41) is 0.293. The Morgan fingerprint density at radius 1 is 1.41 bits per heavy atom. The minimum Gasteiger partial charge on any atom is -0.350 e. The Kier molecular flexibility index (Phi) is 2.48. The number of H-pyrrole nitrogens is 1. The van der Waals surface area contributed by atoms with Gasteiger partial charge < -0.3 is 9.88 Å². The number of aromatic amines is 1. The first kappa shape index (κ1) is 10.5. The molecule has 0 unspecified atom stereocenters. The molecule has 88 valence electrons. The van der Waals surface area contributed by atoms with E-state index in [0.29, 0.717) is 5.28 Å². The highest BCUT2D eigenvalue weighted by atomic mass is 35.5. The Balaban J connectivity index is 1.94. The predicted octanol–water partition coefficient (Wildman–Crippen LogP) is 1.72. The summed E-state index contributed by atoms with van der Waals surface area (Å²) in [5.41, 5.74) is 3.35. The fourth-order valence-electron chi connectivity index (χ4n) is 2.13. The molecule has 2 aromatic rings. The lowest BCUT2D eigenvalue weighted by atomic mass is 10.1. The van der Waals surface area contributed by atoms with Crippen molar-refractivity contribution in [3.05, 3.63) is 34.8 Å². The van der Waals surface area contributed by atoms with Crippen molar-refractivity contribution < 1.29 is 0 Å². The van der Waals surface area contributed by atoms with Gasteiger partial charge in [-0.15, -0.1) is 0 Å². The Bertz CT molecular complexity index is 551. The lowest BCUT2D eigenvalue weighted by Gasteiger charge is -2.28. The number of anilines is 1. The summed E-state index contributed by atoms with van der Waals surface area (Å²) in [4.78, 5) is 17.9. The van der Waals surface area contributed by atoms with E-state index < -0.39 is 0 Å². The minimum absolute atomic E-state index is 0.293. The zero-order valence-corrected chi connectivity index (χ0v) is 10.2. The molecule has 2 aromatic heterocycles. The second-order valence-corrected chi connectivity index (χ2v) is 4.48. The van der Waals surface area contributed by atoms with Gasteiger partial charge in [0.05, 0.1) is 24.3 Å². The maximum Gasteiger partial charge on any atom is 0.224 e. The molecule has 0 radical (unpaired) electrons. The summed E-state index contributed by atoms with van der Waals surface area (Å²) in [6, 6.07) is 0. The van der Waals surface area contributed by atoms with E-state index in [4.69, 9.17) is 11.6 Å². The first-order chi connectivity index (χ1) is 8.24. The van der Waals surface area contributed by atoms with E-state index >= 15 is 0 Å². The van der Waals surface area contributed by atoms with Gasteiger partial charge in [-0.3, -0.25) is 0 Å². The summed E-state index contributed by atoms with van der Waals surface area (Å²) >= 11 is 5.85. The topological polar surface area (TPSA) is 57.7 Å². The maximum atomic E-state index is 5.85. The van der Waals surface area contributed by atoms with Crippen LogP contribution < -0.4 is 4.90 Å². The third-order valence-electron chi connectivity index (χ3n) is 2.99. The lowest BCUT2D eigenvalue weighted by Crippen LogP contribution is -2.31. The fourth-order valence-corrected chi connectivity index (χ4v) is 2.25. The number of hydrogen-bond donors (Lipinski definition) is 1. The molecule has 1 aliphatic heterocycles. The molecule has 3 heterocycles. The molecule has 6 heteroatoms. The van der Waals surface area contributed by atoms with Crippen molar-refractivity contribution in [2.45, 2.75) is 19.9 Å². The molecule has 17 heavy (non-hydrogen) atoms. The van der Waals surface area contributed by atoms with Gasteiger partial charge in [0.25, 0.3) is 0 Å². The van der Waals surface area contributed by atoms with Gasteiger partial charge in [-0.25, -0.2) is 15.0 Å². The van der Waals surface area contributed by atoms with E-state index in [1.54, 1.807) is 12.5 Å². The Morgan fingerprint density at radius 2 is 2.29 bits per heavy atom. The van der Waals surface area contributed by atoms with E-state index in [1.165, 1.54) is 0 Å². The molecule has 0 bridgehead atoms. The Morgan fingerprint density at radius 3 is 3.18 bits per heavy atom. The number of fused-ring (bicyclic) bond motifs is 1. The molecule has 0 atom stereocenters. The van der Waals surface area contributed by atoms with Gasteiger partial charge in [0.2, 0.25) is 5.28 Å². The van der Waals surface area contributed by atoms with Gasteiger partial charge >= 0.3 is 0 Å². The molecule has 0 aliphatic carbocycles. The summed E-state index contributed by atoms with van der Waals surface area (Å²) < 4.78 is 0. The van der Waals surface area contributed by atoms with Crippen LogP contribution in [-0.4, -0.2) is 26.5 Å². The van der Waals surface area contributed by atoms with Crippen molar-refractivity contribution in [3.63, 3.8) is 0 Å². The van der Waals surface area contributed by atoms with E-state index in [0.717, 1.165) is 42.3 Å². The van der Waals surface area contributed by atoms with Crippen molar-refractivity contribution in [2.24, 2.45) is 0 Å². The van der Waals surface area contributed by atoms with Crippen molar-refractivity contribution in [1.82, 2.24) is 19.9 Å². The van der Waals surface area contributed by atoms with Crippen LogP contribution in [0.25, 0.3) is 0 Å². The van der Waals surface area contributed by atoms with E-state index in [2.05, 4.69) is 24.8 Å². The van der Waals surface area contributed by atoms with Crippen molar-refractivity contribution in [2.75, 3.05) is 11.4 Å². The minimum atomic E-state index is 0.293. The van der Waals surface area contributed by atoms with E-state index in [9.17, 15) is 0 Å². The average Bonchev–Trinajstić information content (AvgIpc) is 2.79. The van der Waals surface area contributed by atoms with Crippen molar-refractivity contribution in [1.29, 1.82) is 0 Å². The maximum absolute atomic E-state index is 5.85. The smallest absolute Gasteiger partial charge is 0.224 e. The number of aryl methyl sites for hydroxylation is 1. The van der Waals surface area contributed by atoms with Gasteiger partial charge in [0.1, 0.15) is 5.82 Å². The molecule has 3 rings (SSSR count). The normalized spacial score (nSPS) is 14.8. The third-order valence-corrected chi connectivity index (χ3v) is 3.17. The fraction of sp³-hybridized carbons (Fsp3) is 0.364. The molecule has 0 aromatic carbocycles. The number of hydrogen-bond acceptors (Lipinski definition) is 4. The van der Waals surface area contributed by atoms with Crippen LogP contribution in [0, 0.1) is 6.92 Å². The standard InChI is InChI=1S/C11H12ClN5/c1-7-4-13-11(12)16-10(7)17-3-2-8-9(5-17)15-6-14-8/h4,6H,2-3,5H2,1H3,(H,14,15). The summed E-state index contributed by atoms with van der Waals surface area (Å²) in [5.74, 6) is 0.908. The van der Waals surface area contributed by atoms with Gasteiger partial charge in [-0.05, 0) is 18.5 Å². The predicted molar refractivity (Wildman–Crippen MR) is 65.1 cm³/mol. The van der Waals surface area contributed by atoms with Crippen LogP contribution in [0.1, 0.15) is 17.0 Å². The third kappa shape index (κ3) is 1.86. The summed E-state index contributed by atoms with van der Waals surface area (Å²) in [6.45, 7) is 3.70. The van der Waals surface area contributed by atoms with E-state index in [-0.39, 0.29) is 0 Å². The van der Waals surface area contributed by atoms with E-state index in [1.807, 2.05) is 6.92 Å². The first-order valence-electron chi connectivity index (χ1n) is 5.49. The van der Waals surface area contributed by atoms with Crippen LogP contribution in [0.2, 0.25) is 5.28 Å². The highest BCUT2D eigenvalue weighted by Crippen LogP contribution is 2.24. The van der Waals surface area contributed by atoms with Crippen molar-refractivity contribution >= 4 is 17.4 Å². The molecule has 5 nitrogen and oxygen atoms in total. The molecular weight excluding hydrogens is 238 g/mol. The number of halogens is 1. The summed E-state index contributed by atoms with van der Waals surface area (Å²) in [6.07, 6.45) is 4.43. The van der Waals surface area contributed by atoms with Crippen LogP contribution >= 0.6 is 11.6 Å². The molecular formula is C11H12ClN5. The number of nitrogens with zero attached hydrogens (tertiary/aromatic N) is 4. The first-order valence-corrected chi connectivity index (χ1v) is 5.87. The van der Waals surface area contributed by atoms with Crippen LogP contribution in [0.15, 0.2) is 12.5 Å². The Hall–Kier alpha value is -1.62. The van der Waals surface area contributed by atoms with Crippen molar-refractivity contribution in [3.8, 4) is 0 Å². The molecule has 0 fully saturated rings. The molecule has 1 aliphatic rings. The second kappa shape index (κ2) is 4.00. The largest absolute Gasteiger partial charge is 0.350 e.